The molecule has 3 rings (SSSR count). The van der Waals surface area contributed by atoms with Crippen molar-refractivity contribution < 1.29 is 10.2 Å². The Morgan fingerprint density at radius 2 is 2.00 bits per heavy atom. The summed E-state index contributed by atoms with van der Waals surface area (Å²) in [6.45, 7) is 3.76. The van der Waals surface area contributed by atoms with Crippen molar-refractivity contribution >= 4 is 23.4 Å². The Kier molecular flexibility index (Phi) is 5.80. The van der Waals surface area contributed by atoms with Gasteiger partial charge in [-0.25, -0.2) is 0 Å². The molecule has 0 aliphatic heterocycles. The number of halogens is 1. The number of hydrogen-bond acceptors (Lipinski definition) is 7. The Bertz CT molecular complexity index is 909. The number of aliphatic hydroxyl groups excluding tert-OH is 2. The Labute approximate surface area is 163 Å². The molecule has 5 N–H and O–H groups in total. The van der Waals surface area contributed by atoms with Gasteiger partial charge in [0.15, 0.2) is 5.15 Å². The monoisotopic (exact) mass is 387 g/mol. The van der Waals surface area contributed by atoms with Gasteiger partial charge in [-0.05, 0) is 38.8 Å². The molecule has 142 valence electrons. The summed E-state index contributed by atoms with van der Waals surface area (Å²) in [5.41, 5.74) is 8.71. The number of nitrogens with zero attached hydrogens (tertiary/aromatic N) is 3. The zero-order valence-corrected chi connectivity index (χ0v) is 16.0. The van der Waals surface area contributed by atoms with E-state index >= 15 is 0 Å². The smallest absolute Gasteiger partial charge is 0.223 e. The first-order chi connectivity index (χ1) is 12.9. The maximum atomic E-state index is 10.0. The molecule has 0 radical (unpaired) electrons. The van der Waals surface area contributed by atoms with Gasteiger partial charge >= 0.3 is 0 Å². The second-order valence-corrected chi connectivity index (χ2v) is 7.11. The summed E-state index contributed by atoms with van der Waals surface area (Å²) in [5, 5.41) is 22.7. The van der Waals surface area contributed by atoms with Gasteiger partial charge in [0.25, 0.3) is 0 Å². The largest absolute Gasteiger partial charge is 0.396 e. The van der Waals surface area contributed by atoms with Gasteiger partial charge in [-0.15, -0.1) is 0 Å². The number of rotatable bonds is 3. The summed E-state index contributed by atoms with van der Waals surface area (Å²) in [6, 6.07) is 3.74. The molecular formula is C19H22ClN5O2. The fourth-order valence-electron chi connectivity index (χ4n) is 3.22. The zero-order chi connectivity index (χ0) is 19.6. The van der Waals surface area contributed by atoms with Crippen molar-refractivity contribution in [1.82, 2.24) is 15.0 Å². The van der Waals surface area contributed by atoms with Crippen LogP contribution in [0.5, 0.6) is 0 Å². The zero-order valence-electron chi connectivity index (χ0n) is 15.2. The van der Waals surface area contributed by atoms with Gasteiger partial charge in [0.05, 0.1) is 11.8 Å². The number of hydrogen-bond donors (Lipinski definition) is 4. The molecule has 3 atom stereocenters. The standard InChI is InChI=1S/C19H22ClN5O2/c1-10-3-4-12(11(2)22-10)5-6-15-17(20)24-19(21)25-18(15)23-14-7-13(9-26)16(27)8-14/h3-4,13-14,16,26-27H,7-9H2,1-2H3,(H3,21,23,24,25)/t13-,14-,16+/m1/s1. The van der Waals surface area contributed by atoms with E-state index in [4.69, 9.17) is 17.3 Å². The van der Waals surface area contributed by atoms with Gasteiger partial charge in [-0.1, -0.05) is 23.4 Å². The summed E-state index contributed by atoms with van der Waals surface area (Å²) in [6.07, 6.45) is 0.561. The van der Waals surface area contributed by atoms with Crippen LogP contribution in [0.3, 0.4) is 0 Å². The second kappa shape index (κ2) is 8.09. The van der Waals surface area contributed by atoms with Crippen molar-refractivity contribution in [2.75, 3.05) is 17.7 Å². The minimum absolute atomic E-state index is 0.0403. The molecule has 27 heavy (non-hydrogen) atoms. The fraction of sp³-hybridized carbons (Fsp3) is 0.421. The second-order valence-electron chi connectivity index (χ2n) is 6.75. The first kappa shape index (κ1) is 19.4. The van der Waals surface area contributed by atoms with Crippen LogP contribution < -0.4 is 11.1 Å². The molecule has 0 spiro atoms. The van der Waals surface area contributed by atoms with E-state index in [9.17, 15) is 10.2 Å². The predicted molar refractivity (Wildman–Crippen MR) is 104 cm³/mol. The van der Waals surface area contributed by atoms with Crippen molar-refractivity contribution in [3.05, 3.63) is 39.8 Å². The van der Waals surface area contributed by atoms with E-state index in [0.29, 0.717) is 24.2 Å². The minimum atomic E-state index is -0.557. The van der Waals surface area contributed by atoms with Crippen LogP contribution >= 0.6 is 11.6 Å². The lowest BCUT2D eigenvalue weighted by Crippen LogP contribution is -2.19. The van der Waals surface area contributed by atoms with Crippen LogP contribution in [0.25, 0.3) is 0 Å². The van der Waals surface area contributed by atoms with Crippen molar-refractivity contribution in [1.29, 1.82) is 0 Å². The molecule has 8 heteroatoms. The number of nitrogen functional groups attached to an aromatic ring is 1. The number of pyridine rings is 1. The Hall–Kier alpha value is -2.40. The third-order valence-corrected chi connectivity index (χ3v) is 4.94. The van der Waals surface area contributed by atoms with E-state index in [1.165, 1.54) is 0 Å². The molecule has 1 saturated carbocycles. The quantitative estimate of drug-likeness (QED) is 0.467. The van der Waals surface area contributed by atoms with Crippen LogP contribution in [-0.2, 0) is 0 Å². The van der Waals surface area contributed by atoms with E-state index in [2.05, 4.69) is 32.1 Å². The highest BCUT2D eigenvalue weighted by atomic mass is 35.5. The molecule has 1 fully saturated rings. The minimum Gasteiger partial charge on any atom is -0.396 e. The molecule has 1 aliphatic rings. The molecule has 0 amide bonds. The first-order valence-corrected chi connectivity index (χ1v) is 9.10. The molecule has 1 aliphatic carbocycles. The van der Waals surface area contributed by atoms with Crippen molar-refractivity contribution in [3.8, 4) is 11.8 Å². The van der Waals surface area contributed by atoms with Gasteiger partial charge in [0.1, 0.15) is 11.4 Å². The SMILES string of the molecule is Cc1ccc(C#Cc2c(Cl)nc(N)nc2N[C@@H]2C[C@H](CO)[C@@H](O)C2)c(C)n1. The highest BCUT2D eigenvalue weighted by Crippen LogP contribution is 2.30. The average molecular weight is 388 g/mol. The molecule has 7 nitrogen and oxygen atoms in total. The maximum Gasteiger partial charge on any atom is 0.223 e. The Morgan fingerprint density at radius 3 is 2.67 bits per heavy atom. The molecule has 0 aromatic carbocycles. The topological polar surface area (TPSA) is 117 Å². The van der Waals surface area contributed by atoms with E-state index in [0.717, 1.165) is 17.0 Å². The maximum absolute atomic E-state index is 10.0. The molecular weight excluding hydrogens is 366 g/mol. The van der Waals surface area contributed by atoms with Crippen LogP contribution in [0.2, 0.25) is 5.15 Å². The highest BCUT2D eigenvalue weighted by Gasteiger charge is 2.33. The molecule has 0 bridgehead atoms. The predicted octanol–water partition coefficient (Wildman–Crippen LogP) is 1.67. The summed E-state index contributed by atoms with van der Waals surface area (Å²) < 4.78 is 0. The molecule has 0 saturated heterocycles. The third-order valence-electron chi connectivity index (χ3n) is 4.66. The van der Waals surface area contributed by atoms with Crippen LogP contribution in [0.1, 0.15) is 35.4 Å². The number of anilines is 2. The lowest BCUT2D eigenvalue weighted by molar-refractivity contribution is 0.0908. The summed E-state index contributed by atoms with van der Waals surface area (Å²) in [4.78, 5) is 12.6. The van der Waals surface area contributed by atoms with Crippen LogP contribution in [0, 0.1) is 31.6 Å². The van der Waals surface area contributed by atoms with Gasteiger partial charge in [-0.3, -0.25) is 4.98 Å². The number of nitrogens with two attached hydrogens (primary N) is 1. The van der Waals surface area contributed by atoms with Crippen LogP contribution in [0.4, 0.5) is 11.8 Å². The molecule has 0 unspecified atom stereocenters. The van der Waals surface area contributed by atoms with E-state index in [1.807, 2.05) is 26.0 Å². The van der Waals surface area contributed by atoms with Gasteiger partial charge < -0.3 is 21.3 Å². The summed E-state index contributed by atoms with van der Waals surface area (Å²) in [7, 11) is 0. The Morgan fingerprint density at radius 1 is 1.22 bits per heavy atom. The van der Waals surface area contributed by atoms with Crippen LogP contribution in [-0.4, -0.2) is 43.9 Å². The number of aliphatic hydroxyl groups is 2. The number of aryl methyl sites for hydroxylation is 2. The van der Waals surface area contributed by atoms with E-state index in [-0.39, 0.29) is 29.7 Å². The summed E-state index contributed by atoms with van der Waals surface area (Å²) in [5.74, 6) is 6.39. The van der Waals surface area contributed by atoms with Gasteiger partial charge in [0, 0.05) is 29.8 Å². The summed E-state index contributed by atoms with van der Waals surface area (Å²) >= 11 is 6.26. The van der Waals surface area contributed by atoms with Crippen molar-refractivity contribution in [3.63, 3.8) is 0 Å². The molecule has 2 aromatic heterocycles. The number of nitrogens with one attached hydrogen (secondary N) is 1. The van der Waals surface area contributed by atoms with E-state index in [1.54, 1.807) is 0 Å². The van der Waals surface area contributed by atoms with Gasteiger partial charge in [0.2, 0.25) is 5.95 Å². The van der Waals surface area contributed by atoms with Crippen molar-refractivity contribution in [2.24, 2.45) is 5.92 Å². The van der Waals surface area contributed by atoms with Crippen molar-refractivity contribution in [2.45, 2.75) is 38.8 Å². The first-order valence-electron chi connectivity index (χ1n) is 8.72. The Balaban J connectivity index is 1.91. The van der Waals surface area contributed by atoms with E-state index < -0.39 is 6.10 Å². The number of aromatic nitrogens is 3. The normalized spacial score (nSPS) is 21.6. The highest BCUT2D eigenvalue weighted by molar-refractivity contribution is 6.31. The third kappa shape index (κ3) is 4.48. The lowest BCUT2D eigenvalue weighted by atomic mass is 10.1. The molecule has 2 heterocycles. The molecule has 2 aromatic rings. The van der Waals surface area contributed by atoms with Crippen LogP contribution in [0.15, 0.2) is 12.1 Å². The van der Waals surface area contributed by atoms with Gasteiger partial charge in [-0.2, -0.15) is 9.97 Å². The lowest BCUT2D eigenvalue weighted by Gasteiger charge is -2.15. The fourth-order valence-corrected chi connectivity index (χ4v) is 3.45. The average Bonchev–Trinajstić information content (AvgIpc) is 2.95.